The Morgan fingerprint density at radius 2 is 2.29 bits per heavy atom. The minimum absolute atomic E-state index is 0.0616. The monoisotopic (exact) mass is 374 g/mol. The average Bonchev–Trinajstić information content (AvgIpc) is 2.83. The first-order valence-corrected chi connectivity index (χ1v) is 8.85. The summed E-state index contributed by atoms with van der Waals surface area (Å²) in [5, 5.41) is 2.97. The van der Waals surface area contributed by atoms with Gasteiger partial charge in [-0.05, 0) is 41.4 Å². The molecule has 1 heterocycles. The summed E-state index contributed by atoms with van der Waals surface area (Å²) in [5.41, 5.74) is 5.17. The van der Waals surface area contributed by atoms with Crippen LogP contribution >= 0.6 is 27.3 Å². The molecule has 2 unspecified atom stereocenters. The van der Waals surface area contributed by atoms with Crippen LogP contribution in [0, 0.1) is 5.41 Å². The van der Waals surface area contributed by atoms with Gasteiger partial charge in [0.2, 0.25) is 5.91 Å². The van der Waals surface area contributed by atoms with Gasteiger partial charge in [-0.25, -0.2) is 0 Å². The van der Waals surface area contributed by atoms with Crippen molar-refractivity contribution in [1.82, 2.24) is 5.32 Å². The molecule has 1 aliphatic rings. The van der Waals surface area contributed by atoms with Gasteiger partial charge >= 0.3 is 0 Å². The minimum atomic E-state index is -0.830. The second-order valence-corrected chi connectivity index (χ2v) is 8.60. The highest BCUT2D eigenvalue weighted by molar-refractivity contribution is 9.11. The van der Waals surface area contributed by atoms with Crippen molar-refractivity contribution >= 4 is 33.2 Å². The Bertz CT molecular complexity index is 518. The van der Waals surface area contributed by atoms with E-state index < -0.39 is 5.54 Å². The Kier molecular flexibility index (Phi) is 5.13. The minimum Gasteiger partial charge on any atom is -0.378 e. The Hall–Kier alpha value is -0.430. The number of hydrogen-bond donors (Lipinski definition) is 2. The molecule has 1 saturated carbocycles. The molecule has 0 aliphatic heterocycles. The lowest BCUT2D eigenvalue weighted by Gasteiger charge is -2.57. The third kappa shape index (κ3) is 3.18. The van der Waals surface area contributed by atoms with E-state index >= 15 is 0 Å². The van der Waals surface area contributed by atoms with Gasteiger partial charge in [0.05, 0.1) is 9.89 Å². The molecular weight excluding hydrogens is 352 g/mol. The molecule has 1 aromatic heterocycles. The fraction of sp³-hybridized carbons (Fsp3) is 0.667. The van der Waals surface area contributed by atoms with Crippen LogP contribution in [0.15, 0.2) is 15.9 Å². The van der Waals surface area contributed by atoms with E-state index in [0.29, 0.717) is 19.6 Å². The van der Waals surface area contributed by atoms with Crippen molar-refractivity contribution in [2.45, 2.75) is 45.3 Å². The van der Waals surface area contributed by atoms with Gasteiger partial charge in [-0.15, -0.1) is 11.3 Å². The van der Waals surface area contributed by atoms with E-state index in [4.69, 9.17) is 10.5 Å². The number of ether oxygens (including phenoxy) is 1. The lowest BCUT2D eigenvalue weighted by atomic mass is 9.54. The van der Waals surface area contributed by atoms with Crippen LogP contribution < -0.4 is 11.1 Å². The van der Waals surface area contributed by atoms with Gasteiger partial charge in [0.25, 0.3) is 0 Å². The molecular formula is C15H23BrN2O2S. The molecule has 1 amide bonds. The maximum Gasteiger partial charge on any atom is 0.240 e. The SMILES string of the molecule is CCOC1CC(N)(C(=O)NCCc2ccc(Br)s2)C1(C)C. The average molecular weight is 375 g/mol. The molecule has 0 aromatic carbocycles. The topological polar surface area (TPSA) is 64.3 Å². The number of carbonyl (C=O) groups excluding carboxylic acids is 1. The fourth-order valence-electron chi connectivity index (χ4n) is 2.76. The molecule has 21 heavy (non-hydrogen) atoms. The van der Waals surface area contributed by atoms with Gasteiger partial charge in [0, 0.05) is 29.9 Å². The Balaban J connectivity index is 1.86. The lowest BCUT2D eigenvalue weighted by molar-refractivity contribution is -0.170. The van der Waals surface area contributed by atoms with Crippen molar-refractivity contribution in [1.29, 1.82) is 0 Å². The first-order chi connectivity index (χ1) is 9.81. The molecule has 0 spiro atoms. The molecule has 118 valence electrons. The molecule has 1 aromatic rings. The van der Waals surface area contributed by atoms with Crippen molar-refractivity contribution in [3.8, 4) is 0 Å². The van der Waals surface area contributed by atoms with Crippen LogP contribution in [0.25, 0.3) is 0 Å². The predicted molar refractivity (Wildman–Crippen MR) is 89.5 cm³/mol. The summed E-state index contributed by atoms with van der Waals surface area (Å²) in [6.07, 6.45) is 1.48. The highest BCUT2D eigenvalue weighted by Gasteiger charge is 2.62. The summed E-state index contributed by atoms with van der Waals surface area (Å²) in [4.78, 5) is 13.7. The summed E-state index contributed by atoms with van der Waals surface area (Å²) in [7, 11) is 0. The highest BCUT2D eigenvalue weighted by Crippen LogP contribution is 2.49. The molecule has 2 rings (SSSR count). The Labute approximate surface area is 138 Å². The van der Waals surface area contributed by atoms with Crippen LogP contribution in [-0.4, -0.2) is 30.7 Å². The summed E-state index contributed by atoms with van der Waals surface area (Å²) >= 11 is 5.13. The molecule has 1 fully saturated rings. The molecule has 3 N–H and O–H groups in total. The van der Waals surface area contributed by atoms with Gasteiger partial charge in [0.1, 0.15) is 5.54 Å². The smallest absolute Gasteiger partial charge is 0.240 e. The third-order valence-corrected chi connectivity index (χ3v) is 6.20. The van der Waals surface area contributed by atoms with Gasteiger partial charge < -0.3 is 15.8 Å². The number of hydrogen-bond acceptors (Lipinski definition) is 4. The van der Waals surface area contributed by atoms with Crippen LogP contribution in [-0.2, 0) is 16.0 Å². The lowest BCUT2D eigenvalue weighted by Crippen LogP contribution is -2.75. The zero-order chi connectivity index (χ0) is 15.7. The standard InChI is InChI=1S/C15H23BrN2O2S/c1-4-20-11-9-15(17,14(11,2)3)13(19)18-8-7-10-5-6-12(16)21-10/h5-6,11H,4,7-9,17H2,1-3H3,(H,18,19). The molecule has 6 heteroatoms. The molecule has 0 bridgehead atoms. The van der Waals surface area contributed by atoms with Crippen LogP contribution in [0.2, 0.25) is 0 Å². The summed E-state index contributed by atoms with van der Waals surface area (Å²) in [6, 6.07) is 4.09. The van der Waals surface area contributed by atoms with Crippen molar-refractivity contribution in [3.63, 3.8) is 0 Å². The van der Waals surface area contributed by atoms with Gasteiger partial charge in [0.15, 0.2) is 0 Å². The largest absolute Gasteiger partial charge is 0.378 e. The second kappa shape index (κ2) is 6.36. The van der Waals surface area contributed by atoms with E-state index in [-0.39, 0.29) is 17.4 Å². The first kappa shape index (κ1) is 16.9. The van der Waals surface area contributed by atoms with Crippen LogP contribution in [0.1, 0.15) is 32.1 Å². The van der Waals surface area contributed by atoms with Crippen molar-refractivity contribution in [2.75, 3.05) is 13.2 Å². The van der Waals surface area contributed by atoms with Crippen LogP contribution in [0.5, 0.6) is 0 Å². The third-order valence-electron chi connectivity index (χ3n) is 4.52. The number of thiophene rings is 1. The van der Waals surface area contributed by atoms with Crippen molar-refractivity contribution < 1.29 is 9.53 Å². The van der Waals surface area contributed by atoms with Gasteiger partial charge in [-0.1, -0.05) is 13.8 Å². The van der Waals surface area contributed by atoms with Gasteiger partial charge in [-0.2, -0.15) is 0 Å². The molecule has 0 radical (unpaired) electrons. The first-order valence-electron chi connectivity index (χ1n) is 7.24. The molecule has 2 atom stereocenters. The number of amides is 1. The maximum absolute atomic E-state index is 12.4. The molecule has 1 aliphatic carbocycles. The van der Waals surface area contributed by atoms with E-state index in [1.165, 1.54) is 4.88 Å². The van der Waals surface area contributed by atoms with E-state index in [1.807, 2.05) is 26.8 Å². The van der Waals surface area contributed by atoms with Crippen LogP contribution in [0.3, 0.4) is 0 Å². The quantitative estimate of drug-likeness (QED) is 0.804. The number of carbonyl (C=O) groups is 1. The highest BCUT2D eigenvalue weighted by atomic mass is 79.9. The predicted octanol–water partition coefficient (Wildman–Crippen LogP) is 2.70. The molecule has 0 saturated heterocycles. The Morgan fingerprint density at radius 3 is 2.81 bits per heavy atom. The number of nitrogens with two attached hydrogens (primary N) is 1. The van der Waals surface area contributed by atoms with E-state index in [2.05, 4.69) is 27.3 Å². The van der Waals surface area contributed by atoms with E-state index in [0.717, 1.165) is 10.2 Å². The van der Waals surface area contributed by atoms with Crippen molar-refractivity contribution in [3.05, 3.63) is 20.8 Å². The number of halogens is 1. The zero-order valence-corrected chi connectivity index (χ0v) is 15.1. The summed E-state index contributed by atoms with van der Waals surface area (Å²) < 4.78 is 6.76. The number of nitrogens with one attached hydrogen (secondary N) is 1. The fourth-order valence-corrected chi connectivity index (χ4v) is 4.25. The van der Waals surface area contributed by atoms with Crippen molar-refractivity contribution in [2.24, 2.45) is 11.1 Å². The van der Waals surface area contributed by atoms with Gasteiger partial charge in [-0.3, -0.25) is 4.79 Å². The Morgan fingerprint density at radius 1 is 1.57 bits per heavy atom. The normalized spacial score (nSPS) is 27.2. The van der Waals surface area contributed by atoms with Crippen LogP contribution in [0.4, 0.5) is 0 Å². The zero-order valence-electron chi connectivity index (χ0n) is 12.7. The van der Waals surface area contributed by atoms with E-state index in [1.54, 1.807) is 11.3 Å². The maximum atomic E-state index is 12.4. The van der Waals surface area contributed by atoms with E-state index in [9.17, 15) is 4.79 Å². The summed E-state index contributed by atoms with van der Waals surface area (Å²) in [6.45, 7) is 7.24. The number of rotatable bonds is 6. The second-order valence-electron chi connectivity index (χ2n) is 6.05. The summed E-state index contributed by atoms with van der Waals surface area (Å²) in [5.74, 6) is -0.0703. The molecule has 4 nitrogen and oxygen atoms in total.